The first-order valence-corrected chi connectivity index (χ1v) is 4.98. The molecule has 0 amide bonds. The van der Waals surface area contributed by atoms with Crippen LogP contribution in [0.1, 0.15) is 13.3 Å². The minimum Gasteiger partial charge on any atom is -0.497 e. The van der Waals surface area contributed by atoms with Gasteiger partial charge in [-0.15, -0.1) is 0 Å². The topological polar surface area (TPSA) is 29.5 Å². The van der Waals surface area contributed by atoms with E-state index in [0.717, 1.165) is 18.0 Å². The number of carbonyl (C=O) groups is 1. The van der Waals surface area contributed by atoms with Crippen LogP contribution in [0.3, 0.4) is 0 Å². The van der Waals surface area contributed by atoms with Gasteiger partial charge in [-0.25, -0.2) is 0 Å². The summed E-state index contributed by atoms with van der Waals surface area (Å²) in [4.78, 5) is 12.9. The zero-order valence-electron chi connectivity index (χ0n) is 9.49. The fourth-order valence-electron chi connectivity index (χ4n) is 1.30. The highest BCUT2D eigenvalue weighted by atomic mass is 16.5. The molecule has 1 rings (SSSR count). The molecule has 1 aromatic carbocycles. The predicted octanol–water partition coefficient (Wildman–Crippen LogP) is 2.11. The molecule has 0 saturated carbocycles. The fraction of sp³-hybridized carbons (Fsp3) is 0.417. The molecule has 0 heterocycles. The third-order valence-corrected chi connectivity index (χ3v) is 2.29. The third-order valence-electron chi connectivity index (χ3n) is 2.29. The normalized spacial score (nSPS) is 9.80. The standard InChI is InChI=1S/C12H17NO2/c1-10(14)7-8-13(2)11-5-4-6-12(9-11)15-3/h4-6,9H,7-8H2,1-3H3. The summed E-state index contributed by atoms with van der Waals surface area (Å²) in [6, 6.07) is 7.81. The smallest absolute Gasteiger partial charge is 0.131 e. The van der Waals surface area contributed by atoms with Crippen LogP contribution in [0, 0.1) is 0 Å². The Morgan fingerprint density at radius 2 is 2.20 bits per heavy atom. The summed E-state index contributed by atoms with van der Waals surface area (Å²) >= 11 is 0. The van der Waals surface area contributed by atoms with Crippen molar-refractivity contribution in [2.75, 3.05) is 25.6 Å². The maximum atomic E-state index is 10.9. The zero-order valence-corrected chi connectivity index (χ0v) is 9.49. The van der Waals surface area contributed by atoms with Gasteiger partial charge < -0.3 is 9.64 Å². The van der Waals surface area contributed by atoms with Crippen LogP contribution in [0.15, 0.2) is 24.3 Å². The lowest BCUT2D eigenvalue weighted by Crippen LogP contribution is -2.20. The molecule has 0 fully saturated rings. The van der Waals surface area contributed by atoms with E-state index >= 15 is 0 Å². The van der Waals surface area contributed by atoms with Gasteiger partial charge in [0.05, 0.1) is 7.11 Å². The minimum absolute atomic E-state index is 0.213. The third kappa shape index (κ3) is 3.62. The summed E-state index contributed by atoms with van der Waals surface area (Å²) < 4.78 is 5.14. The van der Waals surface area contributed by atoms with Gasteiger partial charge in [0.25, 0.3) is 0 Å². The molecule has 82 valence electrons. The van der Waals surface area contributed by atoms with Crippen molar-refractivity contribution in [3.8, 4) is 5.75 Å². The molecular formula is C12H17NO2. The summed E-state index contributed by atoms with van der Waals surface area (Å²) in [5.41, 5.74) is 1.07. The molecule has 0 aliphatic heterocycles. The lowest BCUT2D eigenvalue weighted by atomic mass is 10.2. The monoisotopic (exact) mass is 207 g/mol. The van der Waals surface area contributed by atoms with Crippen LogP contribution in [-0.2, 0) is 4.79 Å². The number of methoxy groups -OCH3 is 1. The second-order valence-corrected chi connectivity index (χ2v) is 3.58. The number of nitrogens with zero attached hydrogens (tertiary/aromatic N) is 1. The SMILES string of the molecule is COc1cccc(N(C)CCC(C)=O)c1. The van der Waals surface area contributed by atoms with Crippen LogP contribution < -0.4 is 9.64 Å². The molecular weight excluding hydrogens is 190 g/mol. The summed E-state index contributed by atoms with van der Waals surface area (Å²) in [5, 5.41) is 0. The van der Waals surface area contributed by atoms with Gasteiger partial charge in [0.15, 0.2) is 0 Å². The van der Waals surface area contributed by atoms with Gasteiger partial charge in [-0.2, -0.15) is 0 Å². The molecule has 1 aromatic rings. The number of rotatable bonds is 5. The maximum absolute atomic E-state index is 10.9. The van der Waals surface area contributed by atoms with Crippen LogP contribution in [0.4, 0.5) is 5.69 Å². The number of hydrogen-bond acceptors (Lipinski definition) is 3. The fourth-order valence-corrected chi connectivity index (χ4v) is 1.30. The predicted molar refractivity (Wildman–Crippen MR) is 61.6 cm³/mol. The minimum atomic E-state index is 0.213. The Balaban J connectivity index is 2.64. The van der Waals surface area contributed by atoms with E-state index in [1.165, 1.54) is 0 Å². The van der Waals surface area contributed by atoms with Gasteiger partial charge >= 0.3 is 0 Å². The van der Waals surface area contributed by atoms with E-state index in [9.17, 15) is 4.79 Å². The highest BCUT2D eigenvalue weighted by Crippen LogP contribution is 2.19. The average Bonchev–Trinajstić information content (AvgIpc) is 2.26. The Hall–Kier alpha value is -1.51. The number of Topliss-reactive ketones (excluding diaryl/α,β-unsaturated/α-hetero) is 1. The first kappa shape index (κ1) is 11.6. The van der Waals surface area contributed by atoms with Crippen molar-refractivity contribution in [2.24, 2.45) is 0 Å². The lowest BCUT2D eigenvalue weighted by molar-refractivity contribution is -0.116. The van der Waals surface area contributed by atoms with Crippen LogP contribution >= 0.6 is 0 Å². The quantitative estimate of drug-likeness (QED) is 0.740. The number of hydrogen-bond donors (Lipinski definition) is 0. The highest BCUT2D eigenvalue weighted by molar-refractivity contribution is 5.76. The molecule has 0 aromatic heterocycles. The van der Waals surface area contributed by atoms with Crippen molar-refractivity contribution >= 4 is 11.5 Å². The summed E-state index contributed by atoms with van der Waals surface area (Å²) in [7, 11) is 3.62. The molecule has 0 spiro atoms. The van der Waals surface area contributed by atoms with Gasteiger partial charge in [-0.1, -0.05) is 6.07 Å². The van der Waals surface area contributed by atoms with Crippen LogP contribution in [-0.4, -0.2) is 26.5 Å². The lowest BCUT2D eigenvalue weighted by Gasteiger charge is -2.18. The van der Waals surface area contributed by atoms with E-state index in [0.29, 0.717) is 6.42 Å². The van der Waals surface area contributed by atoms with Gasteiger partial charge in [-0.3, -0.25) is 4.79 Å². The number of benzene rings is 1. The average molecular weight is 207 g/mol. The number of anilines is 1. The molecule has 0 unspecified atom stereocenters. The highest BCUT2D eigenvalue weighted by Gasteiger charge is 2.03. The largest absolute Gasteiger partial charge is 0.497 e. The number of ketones is 1. The molecule has 0 radical (unpaired) electrons. The van der Waals surface area contributed by atoms with Gasteiger partial charge in [0.1, 0.15) is 11.5 Å². The Kier molecular flexibility index (Phi) is 4.16. The van der Waals surface area contributed by atoms with Crippen molar-refractivity contribution in [3.05, 3.63) is 24.3 Å². The molecule has 0 atom stereocenters. The Morgan fingerprint density at radius 1 is 1.47 bits per heavy atom. The molecule has 0 N–H and O–H groups in total. The Labute approximate surface area is 90.7 Å². The second kappa shape index (κ2) is 5.39. The number of ether oxygens (including phenoxy) is 1. The van der Waals surface area contributed by atoms with Crippen molar-refractivity contribution in [1.29, 1.82) is 0 Å². The van der Waals surface area contributed by atoms with E-state index in [1.54, 1.807) is 14.0 Å². The van der Waals surface area contributed by atoms with Gasteiger partial charge in [0, 0.05) is 31.8 Å². The van der Waals surface area contributed by atoms with E-state index < -0.39 is 0 Å². The van der Waals surface area contributed by atoms with Crippen molar-refractivity contribution in [2.45, 2.75) is 13.3 Å². The van der Waals surface area contributed by atoms with Crippen LogP contribution in [0.25, 0.3) is 0 Å². The molecule has 0 saturated heterocycles. The molecule has 0 aliphatic rings. The number of carbonyl (C=O) groups excluding carboxylic acids is 1. The first-order valence-electron chi connectivity index (χ1n) is 4.98. The summed E-state index contributed by atoms with van der Waals surface area (Å²) in [5.74, 6) is 1.05. The molecule has 3 heteroatoms. The van der Waals surface area contributed by atoms with Gasteiger partial charge in [-0.05, 0) is 19.1 Å². The van der Waals surface area contributed by atoms with E-state index in [4.69, 9.17) is 4.74 Å². The summed E-state index contributed by atoms with van der Waals surface area (Å²) in [6.07, 6.45) is 0.577. The van der Waals surface area contributed by atoms with E-state index in [2.05, 4.69) is 0 Å². The first-order chi connectivity index (χ1) is 7.13. The second-order valence-electron chi connectivity index (χ2n) is 3.58. The van der Waals surface area contributed by atoms with Crippen LogP contribution in [0.5, 0.6) is 5.75 Å². The van der Waals surface area contributed by atoms with Crippen LogP contribution in [0.2, 0.25) is 0 Å². The summed E-state index contributed by atoms with van der Waals surface area (Å²) in [6.45, 7) is 2.35. The molecule has 0 aliphatic carbocycles. The Morgan fingerprint density at radius 3 is 2.80 bits per heavy atom. The molecule has 0 bridgehead atoms. The molecule has 15 heavy (non-hydrogen) atoms. The Bertz CT molecular complexity index is 336. The van der Waals surface area contributed by atoms with E-state index in [1.807, 2.05) is 36.2 Å². The van der Waals surface area contributed by atoms with Crippen molar-refractivity contribution < 1.29 is 9.53 Å². The van der Waals surface area contributed by atoms with Crippen molar-refractivity contribution in [1.82, 2.24) is 0 Å². The van der Waals surface area contributed by atoms with E-state index in [-0.39, 0.29) is 5.78 Å². The zero-order chi connectivity index (χ0) is 11.3. The molecule has 3 nitrogen and oxygen atoms in total. The maximum Gasteiger partial charge on any atom is 0.131 e. The van der Waals surface area contributed by atoms with Crippen molar-refractivity contribution in [3.63, 3.8) is 0 Å². The van der Waals surface area contributed by atoms with Gasteiger partial charge in [0.2, 0.25) is 0 Å².